The number of nitrogens with zero attached hydrogens (tertiary/aromatic N) is 2. The molecule has 1 aromatic rings. The van der Waals surface area contributed by atoms with Gasteiger partial charge in [0.1, 0.15) is 4.90 Å². The largest absolute Gasteiger partial charge is 0.323 e. The van der Waals surface area contributed by atoms with E-state index in [2.05, 4.69) is 10.4 Å². The number of aromatic nitrogens is 1. The van der Waals surface area contributed by atoms with Crippen molar-refractivity contribution in [3.8, 4) is 0 Å². The van der Waals surface area contributed by atoms with Gasteiger partial charge >= 0.3 is 0 Å². The Morgan fingerprint density at radius 2 is 2.24 bits per heavy atom. The molecule has 0 radical (unpaired) electrons. The molecule has 3 N–H and O–H groups in total. The summed E-state index contributed by atoms with van der Waals surface area (Å²) in [5.41, 5.74) is 2.75. The molecule has 2 rings (SSSR count). The van der Waals surface area contributed by atoms with Gasteiger partial charge in [-0.25, -0.2) is 8.42 Å². The smallest absolute Gasteiger partial charge is 0.246 e. The van der Waals surface area contributed by atoms with Crippen LogP contribution in [-0.4, -0.2) is 30.8 Å². The second-order valence-corrected chi connectivity index (χ2v) is 6.09. The van der Waals surface area contributed by atoms with E-state index in [1.165, 1.54) is 16.7 Å². The first-order valence-electron chi connectivity index (χ1n) is 5.46. The second-order valence-electron chi connectivity index (χ2n) is 4.12. The molecule has 1 saturated carbocycles. The molecule has 0 spiro atoms. The van der Waals surface area contributed by atoms with E-state index in [0.29, 0.717) is 5.69 Å². The quantitative estimate of drug-likeness (QED) is 0.606. The van der Waals surface area contributed by atoms with Crippen molar-refractivity contribution < 1.29 is 8.42 Å². The van der Waals surface area contributed by atoms with Crippen molar-refractivity contribution in [3.05, 3.63) is 18.5 Å². The fraction of sp³-hybridized carbons (Fsp3) is 0.500. The van der Waals surface area contributed by atoms with Crippen molar-refractivity contribution in [1.82, 2.24) is 9.29 Å². The number of nitrogens with one attached hydrogen (secondary N) is 1. The predicted octanol–water partition coefficient (Wildman–Crippen LogP) is 0.540. The molecule has 0 aliphatic heterocycles. The number of nitrogen functional groups attached to an aromatic ring is 1. The van der Waals surface area contributed by atoms with E-state index in [0.717, 1.165) is 19.3 Å². The van der Waals surface area contributed by atoms with Gasteiger partial charge in [-0.3, -0.25) is 10.8 Å². The minimum atomic E-state index is -3.51. The van der Waals surface area contributed by atoms with Crippen molar-refractivity contribution in [2.24, 2.45) is 5.84 Å². The highest BCUT2D eigenvalue weighted by atomic mass is 32.2. The summed E-state index contributed by atoms with van der Waals surface area (Å²) in [6.07, 6.45) is 5.74. The summed E-state index contributed by atoms with van der Waals surface area (Å²) in [6, 6.07) is 1.65. The van der Waals surface area contributed by atoms with E-state index in [9.17, 15) is 8.42 Å². The maximum absolute atomic E-state index is 12.3. The third kappa shape index (κ3) is 2.13. The van der Waals surface area contributed by atoms with Crippen molar-refractivity contribution in [3.63, 3.8) is 0 Å². The molecule has 0 unspecified atom stereocenters. The molecule has 1 aromatic heterocycles. The summed E-state index contributed by atoms with van der Waals surface area (Å²) >= 11 is 0. The molecular formula is C10H16N4O2S. The number of rotatable bonds is 4. The molecule has 1 aliphatic carbocycles. The molecule has 1 aliphatic rings. The fourth-order valence-corrected chi connectivity index (χ4v) is 3.32. The average molecular weight is 256 g/mol. The molecule has 0 bridgehead atoms. The molecule has 0 atom stereocenters. The van der Waals surface area contributed by atoms with Crippen LogP contribution in [0, 0.1) is 0 Å². The van der Waals surface area contributed by atoms with E-state index in [1.807, 2.05) is 0 Å². The van der Waals surface area contributed by atoms with E-state index in [-0.39, 0.29) is 10.9 Å². The highest BCUT2D eigenvalue weighted by molar-refractivity contribution is 7.89. The SMILES string of the molecule is CN(C1CCC1)S(=O)(=O)c1cnccc1NN. The first kappa shape index (κ1) is 12.3. The Labute approximate surface area is 101 Å². The van der Waals surface area contributed by atoms with Gasteiger partial charge in [0.05, 0.1) is 5.69 Å². The topological polar surface area (TPSA) is 88.3 Å². The van der Waals surface area contributed by atoms with Crippen LogP contribution in [0.1, 0.15) is 19.3 Å². The lowest BCUT2D eigenvalue weighted by Gasteiger charge is -2.33. The molecule has 6 nitrogen and oxygen atoms in total. The second kappa shape index (κ2) is 4.59. The lowest BCUT2D eigenvalue weighted by molar-refractivity contribution is 0.249. The van der Waals surface area contributed by atoms with Crippen LogP contribution in [0.25, 0.3) is 0 Å². The zero-order chi connectivity index (χ0) is 12.5. The first-order valence-corrected chi connectivity index (χ1v) is 6.90. The number of sulfonamides is 1. The molecule has 0 amide bonds. The zero-order valence-corrected chi connectivity index (χ0v) is 10.4. The number of anilines is 1. The summed E-state index contributed by atoms with van der Waals surface area (Å²) in [7, 11) is -1.91. The van der Waals surface area contributed by atoms with Gasteiger partial charge in [0, 0.05) is 25.5 Å². The van der Waals surface area contributed by atoms with E-state index >= 15 is 0 Å². The molecule has 94 valence electrons. The molecule has 17 heavy (non-hydrogen) atoms. The first-order chi connectivity index (χ1) is 8.07. The van der Waals surface area contributed by atoms with Crippen LogP contribution >= 0.6 is 0 Å². The number of hydrogen-bond donors (Lipinski definition) is 2. The zero-order valence-electron chi connectivity index (χ0n) is 9.63. The molecule has 0 aromatic carbocycles. The fourth-order valence-electron chi connectivity index (χ4n) is 1.81. The third-order valence-electron chi connectivity index (χ3n) is 3.19. The van der Waals surface area contributed by atoms with Crippen molar-refractivity contribution in [2.75, 3.05) is 12.5 Å². The third-order valence-corrected chi connectivity index (χ3v) is 5.12. The van der Waals surface area contributed by atoms with Crippen molar-refractivity contribution >= 4 is 15.7 Å². The number of nitrogens with two attached hydrogens (primary N) is 1. The highest BCUT2D eigenvalue weighted by Crippen LogP contribution is 2.30. The van der Waals surface area contributed by atoms with Gasteiger partial charge in [-0.2, -0.15) is 4.31 Å². The predicted molar refractivity (Wildman–Crippen MR) is 64.6 cm³/mol. The Kier molecular flexibility index (Phi) is 3.32. The number of pyridine rings is 1. The molecule has 1 fully saturated rings. The molecule has 0 saturated heterocycles. The molecular weight excluding hydrogens is 240 g/mol. The van der Waals surface area contributed by atoms with E-state index in [1.54, 1.807) is 13.1 Å². The average Bonchev–Trinajstić information content (AvgIpc) is 2.26. The normalized spacial score (nSPS) is 16.9. The standard InChI is InChI=1S/C10H16N4O2S/c1-14(8-3-2-4-8)17(15,16)10-7-12-6-5-9(10)13-11/h5-8H,2-4,11H2,1H3,(H,12,13). The van der Waals surface area contributed by atoms with Gasteiger partial charge in [-0.05, 0) is 18.9 Å². The summed E-state index contributed by atoms with van der Waals surface area (Å²) in [4.78, 5) is 3.97. The van der Waals surface area contributed by atoms with Crippen molar-refractivity contribution in [2.45, 2.75) is 30.2 Å². The Morgan fingerprint density at radius 1 is 1.53 bits per heavy atom. The maximum atomic E-state index is 12.3. The van der Waals surface area contributed by atoms with Crippen LogP contribution in [-0.2, 0) is 10.0 Å². The highest BCUT2D eigenvalue weighted by Gasteiger charge is 2.33. The Morgan fingerprint density at radius 3 is 2.76 bits per heavy atom. The minimum Gasteiger partial charge on any atom is -0.323 e. The monoisotopic (exact) mass is 256 g/mol. The van der Waals surface area contributed by atoms with Crippen LogP contribution in [0.15, 0.2) is 23.4 Å². The Balaban J connectivity index is 2.36. The van der Waals surface area contributed by atoms with Crippen molar-refractivity contribution in [1.29, 1.82) is 0 Å². The lowest BCUT2D eigenvalue weighted by atomic mass is 9.94. The van der Waals surface area contributed by atoms with Gasteiger partial charge in [0.25, 0.3) is 0 Å². The summed E-state index contributed by atoms with van der Waals surface area (Å²) in [5, 5.41) is 0. The molecule has 7 heteroatoms. The maximum Gasteiger partial charge on any atom is 0.246 e. The summed E-state index contributed by atoms with van der Waals surface area (Å²) < 4.78 is 26.1. The van der Waals surface area contributed by atoms with Crippen LogP contribution in [0.5, 0.6) is 0 Å². The number of hydrazine groups is 1. The Bertz CT molecular complexity index is 499. The lowest BCUT2D eigenvalue weighted by Crippen LogP contribution is -2.41. The van der Waals surface area contributed by atoms with Gasteiger partial charge in [-0.1, -0.05) is 6.42 Å². The van der Waals surface area contributed by atoms with E-state index < -0.39 is 10.0 Å². The van der Waals surface area contributed by atoms with E-state index in [4.69, 9.17) is 5.84 Å². The number of hydrogen-bond acceptors (Lipinski definition) is 5. The van der Waals surface area contributed by atoms with Gasteiger partial charge in [0.15, 0.2) is 0 Å². The van der Waals surface area contributed by atoms with Gasteiger partial charge < -0.3 is 5.43 Å². The Hall–Kier alpha value is -1.18. The summed E-state index contributed by atoms with van der Waals surface area (Å²) in [5.74, 6) is 5.31. The minimum absolute atomic E-state index is 0.103. The van der Waals surface area contributed by atoms with Gasteiger partial charge in [0.2, 0.25) is 10.0 Å². The van der Waals surface area contributed by atoms with Crippen LogP contribution < -0.4 is 11.3 Å². The summed E-state index contributed by atoms with van der Waals surface area (Å²) in [6.45, 7) is 0. The van der Waals surface area contributed by atoms with Crippen LogP contribution in [0.4, 0.5) is 5.69 Å². The van der Waals surface area contributed by atoms with Crippen LogP contribution in [0.3, 0.4) is 0 Å². The van der Waals surface area contributed by atoms with Crippen LogP contribution in [0.2, 0.25) is 0 Å². The van der Waals surface area contributed by atoms with Gasteiger partial charge in [-0.15, -0.1) is 0 Å². The molecule has 1 heterocycles.